The third-order valence-corrected chi connectivity index (χ3v) is 4.15. The Bertz CT molecular complexity index is 758. The second-order valence-corrected chi connectivity index (χ2v) is 7.79. The van der Waals surface area contributed by atoms with Crippen LogP contribution in [0.25, 0.3) is 0 Å². The van der Waals surface area contributed by atoms with Crippen molar-refractivity contribution in [1.29, 1.82) is 0 Å². The first-order valence-electron chi connectivity index (χ1n) is 7.61. The first-order valence-corrected chi connectivity index (χ1v) is 8.80. The van der Waals surface area contributed by atoms with Crippen LogP contribution < -0.4 is 5.32 Å². The second-order valence-electron chi connectivity index (χ2n) is 6.29. The SMILES string of the molecule is CC(C)(C)NC(=O)COC(=O)c1cccnc1Sc1ccc(Cl)cc1. The first kappa shape index (κ1) is 19.3. The number of ether oxygens (including phenoxy) is 1. The molecule has 25 heavy (non-hydrogen) atoms. The Hall–Kier alpha value is -2.05. The van der Waals surface area contributed by atoms with Gasteiger partial charge < -0.3 is 10.1 Å². The molecule has 1 amide bonds. The van der Waals surface area contributed by atoms with Gasteiger partial charge in [0, 0.05) is 21.7 Å². The zero-order valence-electron chi connectivity index (χ0n) is 14.2. The third-order valence-electron chi connectivity index (χ3n) is 2.87. The van der Waals surface area contributed by atoms with E-state index in [1.165, 1.54) is 11.8 Å². The number of nitrogens with zero attached hydrogens (tertiary/aromatic N) is 1. The number of carbonyl (C=O) groups is 2. The van der Waals surface area contributed by atoms with Gasteiger partial charge in [0.05, 0.1) is 5.56 Å². The van der Waals surface area contributed by atoms with E-state index in [1.807, 2.05) is 32.9 Å². The summed E-state index contributed by atoms with van der Waals surface area (Å²) in [6.45, 7) is 5.23. The van der Waals surface area contributed by atoms with E-state index < -0.39 is 5.97 Å². The highest BCUT2D eigenvalue weighted by atomic mass is 35.5. The molecule has 0 unspecified atom stereocenters. The number of amides is 1. The molecule has 0 aliphatic carbocycles. The summed E-state index contributed by atoms with van der Waals surface area (Å²) in [4.78, 5) is 29.2. The number of carbonyl (C=O) groups excluding carboxylic acids is 2. The summed E-state index contributed by atoms with van der Waals surface area (Å²) in [5, 5.41) is 3.88. The number of halogens is 1. The van der Waals surface area contributed by atoms with Crippen LogP contribution in [-0.4, -0.2) is 29.0 Å². The molecule has 2 rings (SSSR count). The molecule has 0 aliphatic heterocycles. The molecule has 5 nitrogen and oxygen atoms in total. The Morgan fingerprint density at radius 3 is 2.52 bits per heavy atom. The van der Waals surface area contributed by atoms with Crippen molar-refractivity contribution in [2.75, 3.05) is 6.61 Å². The van der Waals surface area contributed by atoms with Crippen LogP contribution in [0.5, 0.6) is 0 Å². The zero-order valence-corrected chi connectivity index (χ0v) is 15.8. The van der Waals surface area contributed by atoms with E-state index in [0.717, 1.165) is 4.90 Å². The van der Waals surface area contributed by atoms with Crippen molar-refractivity contribution in [1.82, 2.24) is 10.3 Å². The highest BCUT2D eigenvalue weighted by Gasteiger charge is 2.18. The van der Waals surface area contributed by atoms with Crippen molar-refractivity contribution in [2.45, 2.75) is 36.2 Å². The second kappa shape index (κ2) is 8.36. The minimum Gasteiger partial charge on any atom is -0.452 e. The molecule has 0 bridgehead atoms. The summed E-state index contributed by atoms with van der Waals surface area (Å²) in [5.74, 6) is -0.940. The van der Waals surface area contributed by atoms with Crippen LogP contribution in [0, 0.1) is 0 Å². The average molecular weight is 379 g/mol. The monoisotopic (exact) mass is 378 g/mol. The number of benzene rings is 1. The molecule has 0 fully saturated rings. The Balaban J connectivity index is 2.05. The Morgan fingerprint density at radius 2 is 1.88 bits per heavy atom. The van der Waals surface area contributed by atoms with Gasteiger partial charge in [-0.25, -0.2) is 9.78 Å². The van der Waals surface area contributed by atoms with Gasteiger partial charge in [-0.15, -0.1) is 0 Å². The predicted octanol–water partition coefficient (Wildman–Crippen LogP) is 3.96. The van der Waals surface area contributed by atoms with Crippen LogP contribution >= 0.6 is 23.4 Å². The lowest BCUT2D eigenvalue weighted by Gasteiger charge is -2.20. The molecule has 2 aromatic rings. The molecule has 0 aliphatic rings. The molecule has 1 heterocycles. The van der Waals surface area contributed by atoms with E-state index in [-0.39, 0.29) is 18.1 Å². The molecule has 7 heteroatoms. The minimum absolute atomic E-state index is 0.311. The molecule has 0 saturated heterocycles. The lowest BCUT2D eigenvalue weighted by atomic mass is 10.1. The van der Waals surface area contributed by atoms with Crippen molar-refractivity contribution in [3.8, 4) is 0 Å². The van der Waals surface area contributed by atoms with Crippen LogP contribution in [0.2, 0.25) is 5.02 Å². The smallest absolute Gasteiger partial charge is 0.341 e. The van der Waals surface area contributed by atoms with Crippen LogP contribution in [0.4, 0.5) is 0 Å². The maximum Gasteiger partial charge on any atom is 0.341 e. The molecule has 132 valence electrons. The van der Waals surface area contributed by atoms with Gasteiger partial charge in [0.2, 0.25) is 0 Å². The summed E-state index contributed by atoms with van der Waals surface area (Å²) in [5.41, 5.74) is -0.0704. The number of aromatic nitrogens is 1. The number of hydrogen-bond acceptors (Lipinski definition) is 5. The number of rotatable bonds is 5. The molecule has 1 N–H and O–H groups in total. The molecule has 0 spiro atoms. The van der Waals surface area contributed by atoms with E-state index in [4.69, 9.17) is 16.3 Å². The Kier molecular flexibility index (Phi) is 6.45. The summed E-state index contributed by atoms with van der Waals surface area (Å²) in [7, 11) is 0. The van der Waals surface area contributed by atoms with Gasteiger partial charge in [-0.1, -0.05) is 23.4 Å². The molecule has 0 radical (unpaired) electrons. The fourth-order valence-corrected chi connectivity index (χ4v) is 2.90. The standard InChI is InChI=1S/C18H19ClN2O3S/c1-18(2,3)21-15(22)11-24-17(23)14-5-4-10-20-16(14)25-13-8-6-12(19)7-9-13/h4-10H,11H2,1-3H3,(H,21,22). The Morgan fingerprint density at radius 1 is 1.20 bits per heavy atom. The first-order chi connectivity index (χ1) is 11.7. The molecule has 1 aromatic carbocycles. The fourth-order valence-electron chi connectivity index (χ4n) is 1.90. The van der Waals surface area contributed by atoms with Crippen LogP contribution in [-0.2, 0) is 9.53 Å². The molecule has 1 aromatic heterocycles. The van der Waals surface area contributed by atoms with Crippen molar-refractivity contribution in [2.24, 2.45) is 0 Å². The minimum atomic E-state index is -0.589. The summed E-state index contributed by atoms with van der Waals surface area (Å²) in [6.07, 6.45) is 1.60. The molecule has 0 saturated carbocycles. The highest BCUT2D eigenvalue weighted by molar-refractivity contribution is 7.99. The van der Waals surface area contributed by atoms with Crippen LogP contribution in [0.3, 0.4) is 0 Å². The van der Waals surface area contributed by atoms with Crippen LogP contribution in [0.15, 0.2) is 52.5 Å². The summed E-state index contributed by atoms with van der Waals surface area (Å²) < 4.78 is 5.11. The Labute approximate surface area is 156 Å². The molecular weight excluding hydrogens is 360 g/mol. The lowest BCUT2D eigenvalue weighted by molar-refractivity contribution is -0.125. The summed E-state index contributed by atoms with van der Waals surface area (Å²) in [6, 6.07) is 10.5. The molecular formula is C18H19ClN2O3S. The van der Waals surface area contributed by atoms with Crippen LogP contribution in [0.1, 0.15) is 31.1 Å². The van der Waals surface area contributed by atoms with Crippen molar-refractivity contribution < 1.29 is 14.3 Å². The number of hydrogen-bond donors (Lipinski definition) is 1. The van der Waals surface area contributed by atoms with Gasteiger partial charge in [-0.2, -0.15) is 0 Å². The topological polar surface area (TPSA) is 68.3 Å². The zero-order chi connectivity index (χ0) is 18.4. The average Bonchev–Trinajstić information content (AvgIpc) is 2.54. The lowest BCUT2D eigenvalue weighted by Crippen LogP contribution is -2.42. The maximum atomic E-state index is 12.3. The van der Waals surface area contributed by atoms with Gasteiger partial charge in [0.15, 0.2) is 6.61 Å². The van der Waals surface area contributed by atoms with Gasteiger partial charge in [-0.3, -0.25) is 4.79 Å². The van der Waals surface area contributed by atoms with E-state index in [0.29, 0.717) is 15.6 Å². The largest absolute Gasteiger partial charge is 0.452 e. The van der Waals surface area contributed by atoms with Gasteiger partial charge >= 0.3 is 5.97 Å². The predicted molar refractivity (Wildman–Crippen MR) is 98.0 cm³/mol. The third kappa shape index (κ3) is 6.40. The van der Waals surface area contributed by atoms with Gasteiger partial charge in [0.1, 0.15) is 5.03 Å². The maximum absolute atomic E-state index is 12.3. The fraction of sp³-hybridized carbons (Fsp3) is 0.278. The normalized spacial score (nSPS) is 11.0. The van der Waals surface area contributed by atoms with Crippen molar-refractivity contribution >= 4 is 35.2 Å². The van der Waals surface area contributed by atoms with Gasteiger partial charge in [-0.05, 0) is 57.2 Å². The molecule has 0 atom stereocenters. The quantitative estimate of drug-likeness (QED) is 0.797. The van der Waals surface area contributed by atoms with E-state index in [9.17, 15) is 9.59 Å². The van der Waals surface area contributed by atoms with E-state index >= 15 is 0 Å². The number of esters is 1. The van der Waals surface area contributed by atoms with E-state index in [1.54, 1.807) is 30.5 Å². The van der Waals surface area contributed by atoms with Crippen molar-refractivity contribution in [3.05, 3.63) is 53.2 Å². The van der Waals surface area contributed by atoms with E-state index in [2.05, 4.69) is 10.3 Å². The highest BCUT2D eigenvalue weighted by Crippen LogP contribution is 2.29. The van der Waals surface area contributed by atoms with Crippen molar-refractivity contribution in [3.63, 3.8) is 0 Å². The summed E-state index contributed by atoms with van der Waals surface area (Å²) >= 11 is 7.20. The number of pyridine rings is 1. The van der Waals surface area contributed by atoms with Gasteiger partial charge in [0.25, 0.3) is 5.91 Å². The number of nitrogens with one attached hydrogen (secondary N) is 1.